The highest BCUT2D eigenvalue weighted by Gasteiger charge is 2.28. The summed E-state index contributed by atoms with van der Waals surface area (Å²) in [6.07, 6.45) is 2.96. The number of nitrogens with zero attached hydrogens (tertiary/aromatic N) is 1. The van der Waals surface area contributed by atoms with Crippen molar-refractivity contribution in [2.45, 2.75) is 52.1 Å². The Bertz CT molecular complexity index is 613. The first-order valence-electron chi connectivity index (χ1n) is 9.50. The molecule has 0 saturated carbocycles. The average Bonchev–Trinajstić information content (AvgIpc) is 2.61. The van der Waals surface area contributed by atoms with Gasteiger partial charge in [0.1, 0.15) is 11.9 Å². The van der Waals surface area contributed by atoms with E-state index in [1.807, 2.05) is 13.8 Å². The number of likely N-dealkylation sites (tertiary alicyclic amines) is 1. The maximum Gasteiger partial charge on any atom is 0.254 e. The predicted octanol–water partition coefficient (Wildman–Crippen LogP) is 2.57. The smallest absolute Gasteiger partial charge is 0.254 e. The minimum atomic E-state index is -0.684. The third-order valence-electron chi connectivity index (χ3n) is 4.83. The molecule has 1 heterocycles. The van der Waals surface area contributed by atoms with Crippen molar-refractivity contribution >= 4 is 11.8 Å². The predicted molar refractivity (Wildman–Crippen MR) is 100 cm³/mol. The minimum Gasteiger partial charge on any atom is -0.351 e. The van der Waals surface area contributed by atoms with Crippen LogP contribution in [0.15, 0.2) is 24.3 Å². The highest BCUT2D eigenvalue weighted by molar-refractivity contribution is 5.97. The number of hydrogen-bond acceptors (Lipinski definition) is 3. The molecule has 0 aliphatic carbocycles. The quantitative estimate of drug-likeness (QED) is 0.783. The lowest BCUT2D eigenvalue weighted by Crippen LogP contribution is -2.54. The Hall–Kier alpha value is -1.95. The number of carbonyl (C=O) groups excluding carboxylic acids is 2. The molecule has 0 bridgehead atoms. The second-order valence-corrected chi connectivity index (χ2v) is 7.30. The van der Waals surface area contributed by atoms with Crippen LogP contribution in [0.5, 0.6) is 0 Å². The topological polar surface area (TPSA) is 61.4 Å². The van der Waals surface area contributed by atoms with E-state index in [2.05, 4.69) is 22.5 Å². The van der Waals surface area contributed by atoms with Crippen LogP contribution in [0.2, 0.25) is 0 Å². The average molecular weight is 363 g/mol. The number of benzene rings is 1. The summed E-state index contributed by atoms with van der Waals surface area (Å²) in [6.45, 7) is 8.96. The Morgan fingerprint density at radius 2 is 1.88 bits per heavy atom. The highest BCUT2D eigenvalue weighted by Crippen LogP contribution is 2.13. The molecule has 1 aliphatic heterocycles. The van der Waals surface area contributed by atoms with Crippen LogP contribution in [0.1, 0.15) is 50.4 Å². The van der Waals surface area contributed by atoms with E-state index < -0.39 is 17.8 Å². The molecule has 0 spiro atoms. The molecule has 0 aromatic heterocycles. The first-order chi connectivity index (χ1) is 12.4. The van der Waals surface area contributed by atoms with E-state index in [-0.39, 0.29) is 23.4 Å². The molecule has 0 radical (unpaired) electrons. The van der Waals surface area contributed by atoms with Gasteiger partial charge in [-0.1, -0.05) is 32.9 Å². The van der Waals surface area contributed by atoms with Crippen molar-refractivity contribution in [1.29, 1.82) is 0 Å². The minimum absolute atomic E-state index is 0.0428. The van der Waals surface area contributed by atoms with Gasteiger partial charge in [0.05, 0.1) is 5.56 Å². The van der Waals surface area contributed by atoms with Crippen LogP contribution in [0.3, 0.4) is 0 Å². The number of hydrogen-bond donors (Lipinski definition) is 2. The van der Waals surface area contributed by atoms with Gasteiger partial charge >= 0.3 is 0 Å². The lowest BCUT2D eigenvalue weighted by atomic mass is 10.00. The molecule has 2 rings (SSSR count). The van der Waals surface area contributed by atoms with Crippen LogP contribution in [0, 0.1) is 11.7 Å². The zero-order valence-corrected chi connectivity index (χ0v) is 15.9. The van der Waals surface area contributed by atoms with Crippen molar-refractivity contribution in [3.63, 3.8) is 0 Å². The van der Waals surface area contributed by atoms with Gasteiger partial charge in [-0.3, -0.25) is 9.59 Å². The van der Waals surface area contributed by atoms with E-state index in [1.54, 1.807) is 6.07 Å². The summed E-state index contributed by atoms with van der Waals surface area (Å²) in [5, 5.41) is 5.75. The van der Waals surface area contributed by atoms with Gasteiger partial charge < -0.3 is 15.5 Å². The molecule has 1 atom stereocenters. The van der Waals surface area contributed by atoms with Crippen LogP contribution >= 0.6 is 0 Å². The van der Waals surface area contributed by atoms with Crippen LogP contribution in [0.4, 0.5) is 4.39 Å². The van der Waals surface area contributed by atoms with E-state index in [4.69, 9.17) is 0 Å². The number of halogens is 1. The number of carbonyl (C=O) groups is 2. The van der Waals surface area contributed by atoms with Gasteiger partial charge in [0.2, 0.25) is 5.91 Å². The van der Waals surface area contributed by atoms with Crippen molar-refractivity contribution in [3.8, 4) is 0 Å². The highest BCUT2D eigenvalue weighted by atomic mass is 19.1. The van der Waals surface area contributed by atoms with E-state index >= 15 is 0 Å². The van der Waals surface area contributed by atoms with Crippen molar-refractivity contribution in [2.75, 3.05) is 19.6 Å². The SMILES string of the molecule is CCCN1CCC(NC(=O)C(NC(=O)c2ccccc2F)C(C)C)CC1. The number of rotatable bonds is 7. The van der Waals surface area contributed by atoms with Gasteiger partial charge in [-0.15, -0.1) is 0 Å². The van der Waals surface area contributed by atoms with Gasteiger partial charge in [0.25, 0.3) is 5.91 Å². The summed E-state index contributed by atoms with van der Waals surface area (Å²) in [7, 11) is 0. The van der Waals surface area contributed by atoms with Crippen molar-refractivity contribution in [3.05, 3.63) is 35.6 Å². The molecule has 1 aromatic rings. The standard InChI is InChI=1S/C20H30FN3O2/c1-4-11-24-12-9-15(10-13-24)22-20(26)18(14(2)3)23-19(25)16-7-5-6-8-17(16)21/h5-8,14-15,18H,4,9-13H2,1-3H3,(H,22,26)(H,23,25). The van der Waals surface area contributed by atoms with E-state index in [0.717, 1.165) is 38.9 Å². The fourth-order valence-corrected chi connectivity index (χ4v) is 3.31. The van der Waals surface area contributed by atoms with Crippen molar-refractivity contribution in [2.24, 2.45) is 5.92 Å². The summed E-state index contributed by atoms with van der Waals surface area (Å²) < 4.78 is 13.8. The van der Waals surface area contributed by atoms with E-state index in [9.17, 15) is 14.0 Å². The van der Waals surface area contributed by atoms with Gasteiger partial charge in [-0.05, 0) is 43.9 Å². The Kier molecular flexibility index (Phi) is 7.57. The molecule has 1 aromatic carbocycles. The Morgan fingerprint density at radius 1 is 1.23 bits per heavy atom. The third kappa shape index (κ3) is 5.53. The van der Waals surface area contributed by atoms with Crippen LogP contribution in [-0.4, -0.2) is 48.4 Å². The molecule has 6 heteroatoms. The summed E-state index contributed by atoms with van der Waals surface area (Å²) >= 11 is 0. The zero-order valence-electron chi connectivity index (χ0n) is 15.9. The summed E-state index contributed by atoms with van der Waals surface area (Å²) in [4.78, 5) is 27.4. The maximum absolute atomic E-state index is 13.8. The molecule has 1 fully saturated rings. The Labute approximate surface area is 155 Å². The van der Waals surface area contributed by atoms with Crippen LogP contribution < -0.4 is 10.6 Å². The molecule has 2 N–H and O–H groups in total. The molecule has 1 unspecified atom stereocenters. The lowest BCUT2D eigenvalue weighted by molar-refractivity contribution is -0.125. The molecule has 2 amide bonds. The molecular weight excluding hydrogens is 333 g/mol. The zero-order chi connectivity index (χ0) is 19.1. The van der Waals surface area contributed by atoms with Crippen LogP contribution in [0.25, 0.3) is 0 Å². The first kappa shape index (κ1) is 20.4. The molecule has 144 valence electrons. The van der Waals surface area contributed by atoms with Gasteiger partial charge in [0, 0.05) is 19.1 Å². The number of piperidine rings is 1. The van der Waals surface area contributed by atoms with Crippen molar-refractivity contribution in [1.82, 2.24) is 15.5 Å². The largest absolute Gasteiger partial charge is 0.351 e. The molecular formula is C20H30FN3O2. The summed E-state index contributed by atoms with van der Waals surface area (Å²) in [5.41, 5.74) is -0.0428. The number of nitrogens with one attached hydrogen (secondary N) is 2. The lowest BCUT2D eigenvalue weighted by Gasteiger charge is -2.33. The number of amides is 2. The van der Waals surface area contributed by atoms with E-state index in [1.165, 1.54) is 18.2 Å². The molecule has 5 nitrogen and oxygen atoms in total. The molecule has 26 heavy (non-hydrogen) atoms. The monoisotopic (exact) mass is 363 g/mol. The van der Waals surface area contributed by atoms with E-state index in [0.29, 0.717) is 0 Å². The van der Waals surface area contributed by atoms with Gasteiger partial charge in [-0.25, -0.2) is 4.39 Å². The Balaban J connectivity index is 1.93. The first-order valence-corrected chi connectivity index (χ1v) is 9.50. The second kappa shape index (κ2) is 9.67. The Morgan fingerprint density at radius 3 is 2.46 bits per heavy atom. The maximum atomic E-state index is 13.8. The summed E-state index contributed by atoms with van der Waals surface area (Å²) in [5.74, 6) is -1.43. The normalized spacial score (nSPS) is 17.1. The fraction of sp³-hybridized carbons (Fsp3) is 0.600. The fourth-order valence-electron chi connectivity index (χ4n) is 3.31. The second-order valence-electron chi connectivity index (χ2n) is 7.30. The van der Waals surface area contributed by atoms with Gasteiger partial charge in [-0.2, -0.15) is 0 Å². The molecule has 1 aliphatic rings. The van der Waals surface area contributed by atoms with Crippen molar-refractivity contribution < 1.29 is 14.0 Å². The summed E-state index contributed by atoms with van der Waals surface area (Å²) in [6, 6.07) is 5.24. The third-order valence-corrected chi connectivity index (χ3v) is 4.83. The van der Waals surface area contributed by atoms with Gasteiger partial charge in [0.15, 0.2) is 0 Å². The molecule has 1 saturated heterocycles. The van der Waals surface area contributed by atoms with Crippen LogP contribution in [-0.2, 0) is 4.79 Å².